The molecule has 0 radical (unpaired) electrons. The summed E-state index contributed by atoms with van der Waals surface area (Å²) < 4.78 is 10.7. The maximum Gasteiger partial charge on any atom is 0.174 e. The molecule has 0 bridgehead atoms. The number of nitriles is 1. The molecule has 0 saturated carbocycles. The summed E-state index contributed by atoms with van der Waals surface area (Å²) in [6, 6.07) is 27.7. The quantitative estimate of drug-likeness (QED) is 0.428. The Balaban J connectivity index is 1.84. The van der Waals surface area contributed by atoms with Gasteiger partial charge >= 0.3 is 0 Å². The molecule has 3 aromatic rings. The van der Waals surface area contributed by atoms with Crippen LogP contribution in [0.15, 0.2) is 84.0 Å². The molecule has 0 aliphatic carbocycles. The van der Waals surface area contributed by atoms with Crippen LogP contribution in [0.25, 0.3) is 0 Å². The van der Waals surface area contributed by atoms with Crippen molar-refractivity contribution in [2.75, 3.05) is 18.7 Å². The molecular weight excluding hydrogens is 350 g/mol. The van der Waals surface area contributed by atoms with E-state index in [1.807, 2.05) is 71.7 Å². The van der Waals surface area contributed by atoms with Crippen LogP contribution in [0.3, 0.4) is 0 Å². The van der Waals surface area contributed by atoms with Crippen molar-refractivity contribution >= 4 is 11.9 Å². The molecule has 0 aliphatic heterocycles. The second-order valence-electron chi connectivity index (χ2n) is 5.98. The molecule has 0 saturated heterocycles. The molecule has 0 fully saturated rings. The van der Waals surface area contributed by atoms with Gasteiger partial charge in [0.15, 0.2) is 18.1 Å². The average Bonchev–Trinajstić information content (AvgIpc) is 2.76. The third kappa shape index (κ3) is 5.12. The number of ether oxygens (including phenoxy) is 2. The first-order chi connectivity index (χ1) is 13.8. The molecule has 140 valence electrons. The molecule has 0 spiro atoms. The molecule has 0 aromatic heterocycles. The van der Waals surface area contributed by atoms with Gasteiger partial charge in [0.05, 0.1) is 25.6 Å². The Morgan fingerprint density at radius 1 is 0.964 bits per heavy atom. The van der Waals surface area contributed by atoms with Crippen molar-refractivity contribution in [2.45, 2.75) is 6.54 Å². The van der Waals surface area contributed by atoms with Crippen LogP contribution in [0.2, 0.25) is 0 Å². The number of methoxy groups -OCH3 is 1. The maximum atomic E-state index is 8.68. The van der Waals surface area contributed by atoms with Crippen molar-refractivity contribution < 1.29 is 9.47 Å². The Hall–Kier alpha value is -3.78. The fourth-order valence-electron chi connectivity index (χ4n) is 2.69. The van der Waals surface area contributed by atoms with Gasteiger partial charge in [0, 0.05) is 0 Å². The van der Waals surface area contributed by atoms with Crippen molar-refractivity contribution in [1.29, 1.82) is 5.26 Å². The molecule has 5 nitrogen and oxygen atoms in total. The van der Waals surface area contributed by atoms with Crippen molar-refractivity contribution in [1.82, 2.24) is 0 Å². The first-order valence-electron chi connectivity index (χ1n) is 8.88. The number of hydrogen-bond donors (Lipinski definition) is 0. The van der Waals surface area contributed by atoms with Gasteiger partial charge in [0.1, 0.15) is 6.07 Å². The Labute approximate surface area is 165 Å². The number of hydrazone groups is 1. The van der Waals surface area contributed by atoms with Crippen LogP contribution in [-0.2, 0) is 6.54 Å². The third-order valence-electron chi connectivity index (χ3n) is 4.06. The summed E-state index contributed by atoms with van der Waals surface area (Å²) in [5.74, 6) is 1.10. The average molecular weight is 371 g/mol. The van der Waals surface area contributed by atoms with E-state index >= 15 is 0 Å². The molecule has 0 amide bonds. The Bertz CT molecular complexity index is 951. The van der Waals surface area contributed by atoms with E-state index in [1.165, 1.54) is 5.56 Å². The number of rotatable bonds is 8. The number of anilines is 1. The summed E-state index contributed by atoms with van der Waals surface area (Å²) in [7, 11) is 1.57. The zero-order valence-electron chi connectivity index (χ0n) is 15.7. The molecule has 0 N–H and O–H groups in total. The van der Waals surface area contributed by atoms with Crippen molar-refractivity contribution in [3.8, 4) is 17.6 Å². The van der Waals surface area contributed by atoms with E-state index in [0.29, 0.717) is 18.0 Å². The van der Waals surface area contributed by atoms with E-state index in [2.05, 4.69) is 17.2 Å². The first kappa shape index (κ1) is 19.0. The Kier molecular flexibility index (Phi) is 6.64. The van der Waals surface area contributed by atoms with Crippen LogP contribution >= 0.6 is 0 Å². The van der Waals surface area contributed by atoms with Gasteiger partial charge in [-0.25, -0.2) is 0 Å². The molecular formula is C23H21N3O2. The second kappa shape index (κ2) is 9.79. The van der Waals surface area contributed by atoms with E-state index in [0.717, 1.165) is 11.3 Å². The van der Waals surface area contributed by atoms with Crippen molar-refractivity contribution in [3.05, 3.63) is 90.0 Å². The fraction of sp³-hybridized carbons (Fsp3) is 0.130. The van der Waals surface area contributed by atoms with E-state index < -0.39 is 0 Å². The van der Waals surface area contributed by atoms with Gasteiger partial charge in [-0.1, -0.05) is 48.5 Å². The molecule has 0 aliphatic rings. The summed E-state index contributed by atoms with van der Waals surface area (Å²) in [5, 5.41) is 15.3. The number of benzene rings is 3. The van der Waals surface area contributed by atoms with Crippen LogP contribution in [0.5, 0.6) is 11.5 Å². The van der Waals surface area contributed by atoms with Gasteiger partial charge < -0.3 is 9.47 Å². The lowest BCUT2D eigenvalue weighted by Crippen LogP contribution is -2.16. The number of para-hydroxylation sites is 1. The minimum Gasteiger partial charge on any atom is -0.493 e. The highest BCUT2D eigenvalue weighted by Gasteiger charge is 2.07. The fourth-order valence-corrected chi connectivity index (χ4v) is 2.69. The molecule has 3 aromatic carbocycles. The van der Waals surface area contributed by atoms with Crippen LogP contribution in [-0.4, -0.2) is 19.9 Å². The van der Waals surface area contributed by atoms with E-state index in [9.17, 15) is 0 Å². The summed E-state index contributed by atoms with van der Waals surface area (Å²) in [4.78, 5) is 0. The number of hydrogen-bond acceptors (Lipinski definition) is 5. The van der Waals surface area contributed by atoms with Gasteiger partial charge in [-0.2, -0.15) is 10.4 Å². The van der Waals surface area contributed by atoms with Crippen LogP contribution in [0.4, 0.5) is 5.69 Å². The molecule has 3 rings (SSSR count). The summed E-state index contributed by atoms with van der Waals surface area (Å²) in [6.07, 6.45) is 1.78. The zero-order valence-corrected chi connectivity index (χ0v) is 15.7. The summed E-state index contributed by atoms with van der Waals surface area (Å²) >= 11 is 0. The van der Waals surface area contributed by atoms with Gasteiger partial charge in [0.2, 0.25) is 0 Å². The van der Waals surface area contributed by atoms with Gasteiger partial charge in [-0.05, 0) is 41.5 Å². The summed E-state index contributed by atoms with van der Waals surface area (Å²) in [5.41, 5.74) is 3.04. The lowest BCUT2D eigenvalue weighted by atomic mass is 10.2. The molecule has 28 heavy (non-hydrogen) atoms. The molecule has 5 heteroatoms. The SMILES string of the molecule is COc1cc(/C=N\N(Cc2ccccc2)c2ccccc2)ccc1OCC#N. The normalized spacial score (nSPS) is 10.4. The lowest BCUT2D eigenvalue weighted by molar-refractivity contribution is 0.329. The standard InChI is InChI=1S/C23H21N3O2/c1-27-23-16-20(12-13-22(23)28-15-14-24)17-25-26(21-10-6-3-7-11-21)18-19-8-4-2-5-9-19/h2-13,16-17H,15,18H2,1H3/b25-17-. The Morgan fingerprint density at radius 2 is 1.68 bits per heavy atom. The largest absolute Gasteiger partial charge is 0.493 e. The third-order valence-corrected chi connectivity index (χ3v) is 4.06. The number of nitrogens with zero attached hydrogens (tertiary/aromatic N) is 3. The predicted molar refractivity (Wildman–Crippen MR) is 111 cm³/mol. The zero-order chi connectivity index (χ0) is 19.6. The lowest BCUT2D eigenvalue weighted by Gasteiger charge is -2.19. The van der Waals surface area contributed by atoms with E-state index in [1.54, 1.807) is 19.4 Å². The van der Waals surface area contributed by atoms with Gasteiger partial charge in [-0.15, -0.1) is 0 Å². The van der Waals surface area contributed by atoms with Gasteiger partial charge in [-0.3, -0.25) is 5.01 Å². The Morgan fingerprint density at radius 3 is 2.36 bits per heavy atom. The minimum absolute atomic E-state index is 0.0251. The van der Waals surface area contributed by atoms with Crippen LogP contribution in [0, 0.1) is 11.3 Å². The maximum absolute atomic E-state index is 8.68. The highest BCUT2D eigenvalue weighted by Crippen LogP contribution is 2.27. The monoisotopic (exact) mass is 371 g/mol. The van der Waals surface area contributed by atoms with Crippen molar-refractivity contribution in [2.24, 2.45) is 5.10 Å². The predicted octanol–water partition coefficient (Wildman–Crippen LogP) is 4.64. The molecule has 0 heterocycles. The smallest absolute Gasteiger partial charge is 0.174 e. The van der Waals surface area contributed by atoms with Crippen LogP contribution in [0.1, 0.15) is 11.1 Å². The molecule has 0 atom stereocenters. The topological polar surface area (TPSA) is 57.9 Å². The van der Waals surface area contributed by atoms with E-state index in [4.69, 9.17) is 14.7 Å². The van der Waals surface area contributed by atoms with Gasteiger partial charge in [0.25, 0.3) is 0 Å². The first-order valence-corrected chi connectivity index (χ1v) is 8.88. The highest BCUT2D eigenvalue weighted by molar-refractivity contribution is 5.81. The molecule has 0 unspecified atom stereocenters. The second-order valence-corrected chi connectivity index (χ2v) is 5.98. The van der Waals surface area contributed by atoms with Crippen LogP contribution < -0.4 is 14.5 Å². The van der Waals surface area contributed by atoms with E-state index in [-0.39, 0.29) is 6.61 Å². The summed E-state index contributed by atoms with van der Waals surface area (Å²) in [6.45, 7) is 0.629. The van der Waals surface area contributed by atoms with Crippen molar-refractivity contribution in [3.63, 3.8) is 0 Å². The minimum atomic E-state index is -0.0251. The highest BCUT2D eigenvalue weighted by atomic mass is 16.5.